The smallest absolute Gasteiger partial charge is 0.316 e. The number of carbonyl (C=O) groups is 3. The summed E-state index contributed by atoms with van der Waals surface area (Å²) in [5.41, 5.74) is 0. The lowest BCUT2D eigenvalue weighted by Crippen LogP contribution is -2.34. The van der Waals surface area contributed by atoms with Gasteiger partial charge < -0.3 is 5.11 Å². The fourth-order valence-corrected chi connectivity index (χ4v) is 1.95. The molecule has 2 amide bonds. The molecule has 0 aromatic heterocycles. The van der Waals surface area contributed by atoms with E-state index in [1.54, 1.807) is 0 Å². The molecule has 1 rings (SSSR count). The lowest BCUT2D eigenvalue weighted by atomic mass is 10.4. The van der Waals surface area contributed by atoms with E-state index in [-0.39, 0.29) is 17.6 Å². The number of likely N-dealkylation sites (tertiary alicyclic amines) is 1. The van der Waals surface area contributed by atoms with Crippen LogP contribution in [0.25, 0.3) is 0 Å². The van der Waals surface area contributed by atoms with E-state index in [1.807, 2.05) is 0 Å². The van der Waals surface area contributed by atoms with E-state index < -0.39 is 11.2 Å². The predicted octanol–water partition coefficient (Wildman–Crippen LogP) is 0.342. The molecule has 0 aromatic carbocycles. The average Bonchev–Trinajstić information content (AvgIpc) is 2.60. The Hall–Kier alpha value is -1.04. The molecule has 1 saturated heterocycles. The van der Waals surface area contributed by atoms with Gasteiger partial charge in [0.25, 0.3) is 0 Å². The van der Waals surface area contributed by atoms with Crippen LogP contribution in [0.5, 0.6) is 0 Å². The zero-order chi connectivity index (χ0) is 11.4. The van der Waals surface area contributed by atoms with E-state index in [2.05, 4.69) is 0 Å². The average molecular weight is 231 g/mol. The second-order valence-corrected chi connectivity index (χ2v) is 4.66. The summed E-state index contributed by atoms with van der Waals surface area (Å²) in [6.07, 6.45) is 1.13. The second-order valence-electron chi connectivity index (χ2n) is 3.33. The molecule has 5 nitrogen and oxygen atoms in total. The van der Waals surface area contributed by atoms with Crippen molar-refractivity contribution in [2.45, 2.75) is 25.0 Å². The van der Waals surface area contributed by atoms with Gasteiger partial charge in [-0.25, -0.2) is 0 Å². The SMILES string of the molecule is CC(SCC(=O)N1CCCC1=O)C(=O)O. The van der Waals surface area contributed by atoms with Gasteiger partial charge >= 0.3 is 5.97 Å². The molecule has 0 aromatic rings. The fourth-order valence-electron chi connectivity index (χ4n) is 1.26. The van der Waals surface area contributed by atoms with Crippen LogP contribution in [0.4, 0.5) is 0 Å². The summed E-state index contributed by atoms with van der Waals surface area (Å²) in [6.45, 7) is 1.99. The molecule has 6 heteroatoms. The molecule has 0 radical (unpaired) electrons. The third-order valence-electron chi connectivity index (χ3n) is 2.18. The topological polar surface area (TPSA) is 74.7 Å². The first-order valence-corrected chi connectivity index (χ1v) is 5.75. The Morgan fingerprint density at radius 1 is 1.60 bits per heavy atom. The van der Waals surface area contributed by atoms with Crippen LogP contribution >= 0.6 is 11.8 Å². The van der Waals surface area contributed by atoms with Gasteiger partial charge in [0.15, 0.2) is 0 Å². The maximum absolute atomic E-state index is 11.5. The summed E-state index contributed by atoms with van der Waals surface area (Å²) in [5, 5.41) is 7.98. The van der Waals surface area contributed by atoms with Crippen molar-refractivity contribution < 1.29 is 19.5 Å². The number of carbonyl (C=O) groups excluding carboxylic acids is 2. The van der Waals surface area contributed by atoms with Crippen molar-refractivity contribution in [3.8, 4) is 0 Å². The standard InChI is InChI=1S/C9H13NO4S/c1-6(9(13)14)15-5-8(12)10-4-2-3-7(10)11/h6H,2-5H2,1H3,(H,13,14). The maximum atomic E-state index is 11.5. The van der Waals surface area contributed by atoms with Gasteiger partial charge in [-0.1, -0.05) is 0 Å². The Morgan fingerprint density at radius 3 is 2.73 bits per heavy atom. The molecule has 0 saturated carbocycles. The van der Waals surface area contributed by atoms with E-state index in [0.717, 1.165) is 11.8 Å². The molecule has 1 fully saturated rings. The number of aliphatic carboxylic acids is 1. The molecule has 1 aliphatic heterocycles. The van der Waals surface area contributed by atoms with Crippen LogP contribution in [0.1, 0.15) is 19.8 Å². The molecule has 1 heterocycles. The van der Waals surface area contributed by atoms with Gasteiger partial charge in [-0.15, -0.1) is 11.8 Å². The minimum absolute atomic E-state index is 0.0548. The van der Waals surface area contributed by atoms with Crippen molar-refractivity contribution in [1.82, 2.24) is 4.90 Å². The summed E-state index contributed by atoms with van der Waals surface area (Å²) in [7, 11) is 0. The fraction of sp³-hybridized carbons (Fsp3) is 0.667. The molecule has 84 valence electrons. The molecule has 1 aliphatic rings. The maximum Gasteiger partial charge on any atom is 0.316 e. The molecule has 1 N–H and O–H groups in total. The van der Waals surface area contributed by atoms with Crippen molar-refractivity contribution in [3.63, 3.8) is 0 Å². The molecule has 0 spiro atoms. The molecule has 0 aliphatic carbocycles. The highest BCUT2D eigenvalue weighted by Gasteiger charge is 2.26. The minimum atomic E-state index is -0.944. The van der Waals surface area contributed by atoms with Gasteiger partial charge in [0.1, 0.15) is 0 Å². The Morgan fingerprint density at radius 2 is 2.27 bits per heavy atom. The Balaban J connectivity index is 2.36. The number of carboxylic acid groups (broad SMARTS) is 1. The van der Waals surface area contributed by atoms with Gasteiger partial charge in [-0.2, -0.15) is 0 Å². The van der Waals surface area contributed by atoms with E-state index in [0.29, 0.717) is 19.4 Å². The van der Waals surface area contributed by atoms with Crippen molar-refractivity contribution in [1.29, 1.82) is 0 Å². The van der Waals surface area contributed by atoms with Gasteiger partial charge in [0.05, 0.1) is 11.0 Å². The van der Waals surface area contributed by atoms with Crippen LogP contribution in [-0.4, -0.2) is 45.3 Å². The highest BCUT2D eigenvalue weighted by Crippen LogP contribution is 2.15. The largest absolute Gasteiger partial charge is 0.480 e. The summed E-state index contributed by atoms with van der Waals surface area (Å²) < 4.78 is 0. The number of amides is 2. The number of imide groups is 1. The zero-order valence-corrected chi connectivity index (χ0v) is 9.25. The summed E-state index contributed by atoms with van der Waals surface area (Å²) in [6, 6.07) is 0. The number of carboxylic acids is 1. The first kappa shape index (κ1) is 12.0. The first-order valence-electron chi connectivity index (χ1n) is 4.70. The third-order valence-corrected chi connectivity index (χ3v) is 3.29. The van der Waals surface area contributed by atoms with Crippen molar-refractivity contribution in [2.24, 2.45) is 0 Å². The van der Waals surface area contributed by atoms with Crippen LogP contribution in [0.2, 0.25) is 0 Å². The van der Waals surface area contributed by atoms with E-state index in [4.69, 9.17) is 5.11 Å². The van der Waals surface area contributed by atoms with Crippen LogP contribution in [0.15, 0.2) is 0 Å². The normalized spacial score (nSPS) is 17.9. The van der Waals surface area contributed by atoms with Gasteiger partial charge in [-0.05, 0) is 13.3 Å². The molecule has 15 heavy (non-hydrogen) atoms. The molecular weight excluding hydrogens is 218 g/mol. The first-order chi connectivity index (χ1) is 7.02. The quantitative estimate of drug-likeness (QED) is 0.755. The van der Waals surface area contributed by atoms with Crippen LogP contribution in [0, 0.1) is 0 Å². The third kappa shape index (κ3) is 3.23. The molecule has 1 atom stereocenters. The van der Waals surface area contributed by atoms with Crippen LogP contribution in [0.3, 0.4) is 0 Å². The Labute approximate surface area is 91.8 Å². The number of hydrogen-bond acceptors (Lipinski definition) is 4. The number of hydrogen-bond donors (Lipinski definition) is 1. The van der Waals surface area contributed by atoms with Crippen LogP contribution < -0.4 is 0 Å². The summed E-state index contributed by atoms with van der Waals surface area (Å²) in [4.78, 5) is 34.3. The number of nitrogens with zero attached hydrogens (tertiary/aromatic N) is 1. The van der Waals surface area contributed by atoms with E-state index >= 15 is 0 Å². The van der Waals surface area contributed by atoms with Gasteiger partial charge in [0, 0.05) is 13.0 Å². The number of thioether (sulfide) groups is 1. The number of rotatable bonds is 4. The Kier molecular flexibility index (Phi) is 4.14. The van der Waals surface area contributed by atoms with Gasteiger partial charge in [-0.3, -0.25) is 19.3 Å². The minimum Gasteiger partial charge on any atom is -0.480 e. The Bertz CT molecular complexity index is 292. The highest BCUT2D eigenvalue weighted by molar-refractivity contribution is 8.01. The van der Waals surface area contributed by atoms with Crippen molar-refractivity contribution in [3.05, 3.63) is 0 Å². The highest BCUT2D eigenvalue weighted by atomic mass is 32.2. The lowest BCUT2D eigenvalue weighted by molar-refractivity contribution is -0.140. The monoisotopic (exact) mass is 231 g/mol. The van der Waals surface area contributed by atoms with Crippen molar-refractivity contribution >= 4 is 29.5 Å². The van der Waals surface area contributed by atoms with E-state index in [1.165, 1.54) is 11.8 Å². The van der Waals surface area contributed by atoms with Crippen LogP contribution in [-0.2, 0) is 14.4 Å². The summed E-state index contributed by atoms with van der Waals surface area (Å²) in [5.74, 6) is -1.32. The molecule has 1 unspecified atom stereocenters. The van der Waals surface area contributed by atoms with Gasteiger partial charge in [0.2, 0.25) is 11.8 Å². The van der Waals surface area contributed by atoms with Crippen molar-refractivity contribution in [2.75, 3.05) is 12.3 Å². The summed E-state index contributed by atoms with van der Waals surface area (Å²) >= 11 is 1.04. The molecular formula is C9H13NO4S. The lowest BCUT2D eigenvalue weighted by Gasteiger charge is -2.13. The second kappa shape index (κ2) is 5.16. The zero-order valence-electron chi connectivity index (χ0n) is 8.43. The van der Waals surface area contributed by atoms with E-state index in [9.17, 15) is 14.4 Å². The molecule has 0 bridgehead atoms. The predicted molar refractivity (Wildman–Crippen MR) is 55.5 cm³/mol.